The van der Waals surface area contributed by atoms with Gasteiger partial charge in [-0.2, -0.15) is 0 Å². The van der Waals surface area contributed by atoms with Gasteiger partial charge in [0.25, 0.3) is 0 Å². The summed E-state index contributed by atoms with van der Waals surface area (Å²) in [5.41, 5.74) is 4.50. The van der Waals surface area contributed by atoms with Crippen molar-refractivity contribution in [3.63, 3.8) is 0 Å². The Balaban J connectivity index is 1.76. The summed E-state index contributed by atoms with van der Waals surface area (Å²) in [6, 6.07) is 19.6. The van der Waals surface area contributed by atoms with Crippen molar-refractivity contribution in [1.82, 2.24) is 4.98 Å². The summed E-state index contributed by atoms with van der Waals surface area (Å²) in [4.78, 5) is 4.41. The van der Waals surface area contributed by atoms with Crippen LogP contribution in [0.1, 0.15) is 54.6 Å². The minimum absolute atomic E-state index is 0.253. The molecule has 1 aromatic heterocycles. The van der Waals surface area contributed by atoms with Gasteiger partial charge >= 0.3 is 0 Å². The highest BCUT2D eigenvalue weighted by Crippen LogP contribution is 2.34. The second-order valence-electron chi connectivity index (χ2n) is 6.72. The maximum Gasteiger partial charge on any atom is 0.0708 e. The molecular formula is C24H25N. The van der Waals surface area contributed by atoms with Gasteiger partial charge in [-0.1, -0.05) is 73.9 Å². The normalized spacial score (nSPS) is 19.4. The van der Waals surface area contributed by atoms with Crippen LogP contribution in [0.5, 0.6) is 0 Å². The van der Waals surface area contributed by atoms with Crippen LogP contribution in [0.25, 0.3) is 22.4 Å². The van der Waals surface area contributed by atoms with Gasteiger partial charge in [-0.05, 0) is 53.9 Å². The van der Waals surface area contributed by atoms with Gasteiger partial charge in [-0.15, -0.1) is 0 Å². The molecule has 1 heterocycles. The van der Waals surface area contributed by atoms with Crippen LogP contribution in [0.2, 0.25) is 0 Å². The molecule has 0 amide bonds. The zero-order chi connectivity index (χ0) is 20.5. The van der Waals surface area contributed by atoms with Gasteiger partial charge in [0.2, 0.25) is 0 Å². The molecule has 0 saturated heterocycles. The molecule has 1 aliphatic rings. The Labute approximate surface area is 156 Å². The molecule has 3 aromatic rings. The van der Waals surface area contributed by atoms with E-state index < -0.39 is 12.7 Å². The molecule has 1 nitrogen and oxygen atoms in total. The fourth-order valence-electron chi connectivity index (χ4n) is 3.61. The molecule has 25 heavy (non-hydrogen) atoms. The molecule has 4 rings (SSSR count). The quantitative estimate of drug-likeness (QED) is 0.516. The van der Waals surface area contributed by atoms with E-state index in [0.717, 1.165) is 48.1 Å². The zero-order valence-electron chi connectivity index (χ0n) is 18.3. The molecule has 0 spiro atoms. The van der Waals surface area contributed by atoms with Crippen molar-refractivity contribution in [2.75, 3.05) is 0 Å². The lowest BCUT2D eigenvalue weighted by Crippen LogP contribution is -2.04. The molecule has 0 atom stereocenters. The molecule has 0 N–H and O–H groups in total. The summed E-state index contributed by atoms with van der Waals surface area (Å²) in [6.07, 6.45) is 6.66. The van der Waals surface area contributed by atoms with Gasteiger partial charge < -0.3 is 0 Å². The van der Waals surface area contributed by atoms with E-state index in [1.807, 2.05) is 60.7 Å². The minimum atomic E-state index is -2.24. The van der Waals surface area contributed by atoms with Crippen LogP contribution in [-0.4, -0.2) is 4.98 Å². The lowest BCUT2D eigenvalue weighted by Gasteiger charge is -2.22. The number of nitrogens with zero attached hydrogens (tertiary/aromatic N) is 1. The van der Waals surface area contributed by atoms with Crippen molar-refractivity contribution in [3.8, 4) is 22.4 Å². The number of benzene rings is 2. The van der Waals surface area contributed by atoms with E-state index in [2.05, 4.69) is 4.98 Å². The van der Waals surface area contributed by atoms with E-state index >= 15 is 0 Å². The number of aryl methyl sites for hydroxylation is 1. The lowest BCUT2D eigenvalue weighted by molar-refractivity contribution is 0.443. The third-order valence-electron chi connectivity index (χ3n) is 5.03. The summed E-state index contributed by atoms with van der Waals surface area (Å²) in [6.45, 7) is -2.24. The molecule has 0 unspecified atom stereocenters. The van der Waals surface area contributed by atoms with E-state index in [9.17, 15) is 0 Å². The van der Waals surface area contributed by atoms with Crippen molar-refractivity contribution in [2.24, 2.45) is 0 Å². The van der Waals surface area contributed by atoms with E-state index in [1.54, 1.807) is 0 Å². The average molecular weight is 331 g/mol. The molecular weight excluding hydrogens is 302 g/mol. The van der Waals surface area contributed by atoms with Gasteiger partial charge in [0.1, 0.15) is 0 Å². The summed E-state index contributed by atoms with van der Waals surface area (Å²) in [7, 11) is 0. The second-order valence-corrected chi connectivity index (χ2v) is 6.72. The Morgan fingerprint density at radius 3 is 2.40 bits per heavy atom. The fourth-order valence-corrected chi connectivity index (χ4v) is 3.61. The summed E-state index contributed by atoms with van der Waals surface area (Å²) in [5, 5.41) is 0. The molecule has 1 heteroatoms. The summed E-state index contributed by atoms with van der Waals surface area (Å²) in [5.74, 6) is -0.517. The van der Waals surface area contributed by atoms with Gasteiger partial charge in [0, 0.05) is 17.2 Å². The molecule has 0 bridgehead atoms. The molecule has 126 valence electrons. The average Bonchev–Trinajstić information content (AvgIpc) is 2.74. The fraction of sp³-hybridized carbons (Fsp3) is 0.292. The van der Waals surface area contributed by atoms with E-state index in [4.69, 9.17) is 5.48 Å². The van der Waals surface area contributed by atoms with Crippen LogP contribution < -0.4 is 0 Å². The summed E-state index contributed by atoms with van der Waals surface area (Å²) < 4.78 is 32.6. The van der Waals surface area contributed by atoms with Crippen molar-refractivity contribution < 1.29 is 5.48 Å². The highest BCUT2D eigenvalue weighted by molar-refractivity contribution is 5.73. The predicted molar refractivity (Wildman–Crippen MR) is 106 cm³/mol. The largest absolute Gasteiger partial charge is 0.256 e. The van der Waals surface area contributed by atoms with Crippen molar-refractivity contribution >= 4 is 0 Å². The van der Waals surface area contributed by atoms with Crippen LogP contribution in [0, 0.1) is 6.85 Å². The van der Waals surface area contributed by atoms with Gasteiger partial charge in [-0.25, -0.2) is 0 Å². The van der Waals surface area contributed by atoms with Crippen LogP contribution in [0.3, 0.4) is 0 Å². The smallest absolute Gasteiger partial charge is 0.0708 e. The first-order valence-corrected chi connectivity index (χ1v) is 9.04. The Kier molecular flexibility index (Phi) is 3.48. The highest BCUT2D eigenvalue weighted by Gasteiger charge is 2.15. The maximum atomic E-state index is 8.82. The van der Waals surface area contributed by atoms with Crippen molar-refractivity contribution in [2.45, 2.75) is 44.8 Å². The topological polar surface area (TPSA) is 12.9 Å². The molecule has 2 aromatic carbocycles. The van der Waals surface area contributed by atoms with Gasteiger partial charge in [0.05, 0.1) is 5.69 Å². The Bertz CT molecular complexity index is 972. The minimum Gasteiger partial charge on any atom is -0.256 e. The molecule has 1 saturated carbocycles. The third-order valence-corrected chi connectivity index (χ3v) is 5.03. The molecule has 1 aliphatic carbocycles. The lowest BCUT2D eigenvalue weighted by atomic mass is 9.83. The van der Waals surface area contributed by atoms with Crippen molar-refractivity contribution in [1.29, 1.82) is 0 Å². The first-order chi connectivity index (χ1) is 13.9. The Morgan fingerprint density at radius 2 is 1.68 bits per heavy atom. The molecule has 0 aliphatic heterocycles. The number of hydrogen-bond acceptors (Lipinski definition) is 1. The van der Waals surface area contributed by atoms with E-state index in [1.165, 1.54) is 12.6 Å². The maximum absolute atomic E-state index is 8.82. The van der Waals surface area contributed by atoms with Crippen LogP contribution in [0.4, 0.5) is 0 Å². The molecule has 1 fully saturated rings. The third kappa shape index (κ3) is 3.51. The number of hydrogen-bond donors (Lipinski definition) is 0. The Morgan fingerprint density at radius 1 is 0.920 bits per heavy atom. The first-order valence-electron chi connectivity index (χ1n) is 11.0. The van der Waals surface area contributed by atoms with Crippen molar-refractivity contribution in [3.05, 3.63) is 78.0 Å². The number of pyridine rings is 1. The second kappa shape index (κ2) is 7.23. The first kappa shape index (κ1) is 12.0. The molecule has 0 radical (unpaired) electrons. The van der Waals surface area contributed by atoms with Gasteiger partial charge in [0.15, 0.2) is 0 Å². The highest BCUT2D eigenvalue weighted by atomic mass is 14.7. The number of rotatable bonds is 3. The van der Waals surface area contributed by atoms with E-state index in [-0.39, 0.29) is 5.56 Å². The Hall–Kier alpha value is -2.41. The number of aromatic nitrogens is 1. The standard InChI is InChI=1S/C24H25N/c1-18-17-25-24(22-10-6-3-7-11-22)16-23(18)21-14-12-20(13-15-21)19-8-4-2-5-9-19/h3,6-7,10-17,19H,2,4-5,8-9H2,1H3/i1D3,19D. The van der Waals surface area contributed by atoms with Crippen LogP contribution in [0.15, 0.2) is 66.9 Å². The monoisotopic (exact) mass is 331 g/mol. The zero-order valence-corrected chi connectivity index (χ0v) is 14.3. The predicted octanol–water partition coefficient (Wildman–Crippen LogP) is 6.77. The summed E-state index contributed by atoms with van der Waals surface area (Å²) >= 11 is 0. The SMILES string of the molecule is [2H]C([2H])([2H])c1cnc(-c2ccccc2)cc1-c1ccc(C2([2H])CCCCC2)cc1. The van der Waals surface area contributed by atoms with E-state index in [0.29, 0.717) is 5.56 Å². The van der Waals surface area contributed by atoms with Crippen LogP contribution >= 0.6 is 0 Å². The van der Waals surface area contributed by atoms with Gasteiger partial charge in [-0.3, -0.25) is 4.98 Å². The van der Waals surface area contributed by atoms with Crippen LogP contribution in [-0.2, 0) is 0 Å².